The van der Waals surface area contributed by atoms with E-state index in [1.54, 1.807) is 47.1 Å². The normalized spacial score (nSPS) is 15.8. The zero-order valence-corrected chi connectivity index (χ0v) is 53.8. The Kier molecular flexibility index (Phi) is 20.0. The van der Waals surface area contributed by atoms with Crippen LogP contribution in [0.15, 0.2) is 188 Å². The molecular weight excluding hydrogens is 1180 g/mol. The molecule has 0 saturated carbocycles. The Balaban J connectivity index is 0.000000140. The number of aryl methyl sites for hydroxylation is 2. The molecule has 14 nitrogen and oxygen atoms in total. The molecule has 0 aliphatic carbocycles. The quantitative estimate of drug-likeness (QED) is 0.139. The molecule has 0 radical (unpaired) electrons. The Morgan fingerprint density at radius 2 is 1.16 bits per heavy atom. The third-order valence-corrected chi connectivity index (χ3v) is 18.1. The third-order valence-electron chi connectivity index (χ3n) is 17.5. The summed E-state index contributed by atoms with van der Waals surface area (Å²) in [7, 11) is 0. The Bertz CT molecular complexity index is 4110. The van der Waals surface area contributed by atoms with Crippen LogP contribution in [0.3, 0.4) is 0 Å². The van der Waals surface area contributed by atoms with Gasteiger partial charge in [0.15, 0.2) is 0 Å². The van der Waals surface area contributed by atoms with Gasteiger partial charge in [-0.2, -0.15) is 5.10 Å². The van der Waals surface area contributed by atoms with Crippen molar-refractivity contribution in [3.05, 3.63) is 254 Å². The molecule has 1 fully saturated rings. The highest BCUT2D eigenvalue weighted by Crippen LogP contribution is 2.39. The van der Waals surface area contributed by atoms with Gasteiger partial charge in [0.25, 0.3) is 23.6 Å². The van der Waals surface area contributed by atoms with Crippen LogP contribution in [-0.4, -0.2) is 76.1 Å². The molecule has 466 valence electrons. The van der Waals surface area contributed by atoms with Crippen molar-refractivity contribution >= 4 is 81.2 Å². The van der Waals surface area contributed by atoms with E-state index in [4.69, 9.17) is 23.2 Å². The van der Waals surface area contributed by atoms with Gasteiger partial charge in [0.2, 0.25) is 5.91 Å². The second kappa shape index (κ2) is 28.7. The minimum Gasteiger partial charge on any atom is -0.371 e. The van der Waals surface area contributed by atoms with Crippen molar-refractivity contribution in [3.8, 4) is 5.69 Å². The van der Waals surface area contributed by atoms with Crippen molar-refractivity contribution < 1.29 is 24.0 Å². The van der Waals surface area contributed by atoms with E-state index in [-0.39, 0.29) is 41.5 Å². The van der Waals surface area contributed by atoms with E-state index in [2.05, 4.69) is 50.3 Å². The zero-order valence-electron chi connectivity index (χ0n) is 52.2. The average Bonchev–Trinajstić information content (AvgIpc) is 2.84. The number of fused-ring (bicyclic) bond motifs is 4. The maximum atomic E-state index is 13.6. The summed E-state index contributed by atoms with van der Waals surface area (Å²) < 4.78 is 3.93. The highest BCUT2D eigenvalue weighted by Gasteiger charge is 2.31. The topological polar surface area (TPSA) is 145 Å². The molecule has 2 N–H and O–H groups in total. The molecule has 91 heavy (non-hydrogen) atoms. The van der Waals surface area contributed by atoms with E-state index in [0.29, 0.717) is 70.0 Å². The lowest BCUT2D eigenvalue weighted by Crippen LogP contribution is -2.32. The van der Waals surface area contributed by atoms with Crippen molar-refractivity contribution in [2.45, 2.75) is 111 Å². The van der Waals surface area contributed by atoms with Gasteiger partial charge < -0.3 is 34.8 Å². The molecule has 9 aromatic rings. The lowest BCUT2D eigenvalue weighted by Gasteiger charge is -2.25. The second-order valence-corrected chi connectivity index (χ2v) is 25.1. The summed E-state index contributed by atoms with van der Waals surface area (Å²) in [4.78, 5) is 73.2. The molecule has 7 aromatic carbocycles. The van der Waals surface area contributed by atoms with Gasteiger partial charge >= 0.3 is 0 Å². The number of aromatic nitrogens is 3. The average molecular weight is 1260 g/mol. The summed E-state index contributed by atoms with van der Waals surface area (Å²) in [5, 5.41) is 11.2. The molecule has 0 spiro atoms. The van der Waals surface area contributed by atoms with E-state index in [1.807, 2.05) is 170 Å². The number of rotatable bonds is 10. The lowest BCUT2D eigenvalue weighted by atomic mass is 9.90. The molecular formula is C75H77Cl2N9O5. The van der Waals surface area contributed by atoms with E-state index in [0.717, 1.165) is 102 Å². The summed E-state index contributed by atoms with van der Waals surface area (Å²) in [6.07, 6.45) is 10.5. The first-order valence-corrected chi connectivity index (χ1v) is 32.3. The van der Waals surface area contributed by atoms with Crippen LogP contribution in [0.5, 0.6) is 0 Å². The molecule has 5 amide bonds. The predicted molar refractivity (Wildman–Crippen MR) is 366 cm³/mol. The number of anilines is 5. The maximum Gasteiger partial charge on any atom is 0.260 e. The largest absolute Gasteiger partial charge is 0.371 e. The SMILES string of the molecule is CC(C)NC(=O)C[C@H]1CCCN(C(=O)c2ccc(N3CCCC3)cc2Cl)c2ccccc21.Cc1ccccc1C(=O)Nc1ccc(C(=O)N2CCCC(C)c3ccccc32)cc1.Cc1ccn(-c2ccc(C(=O)N3Cc4cccn4Cc4ccccc43)c(Cl)c2)n1. The number of carbonyl (C=O) groups is 5. The predicted octanol–water partition coefficient (Wildman–Crippen LogP) is 16.0. The van der Waals surface area contributed by atoms with Crippen LogP contribution < -0.4 is 30.2 Å². The van der Waals surface area contributed by atoms with Crippen molar-refractivity contribution in [2.24, 2.45) is 0 Å². The molecule has 0 bridgehead atoms. The molecule has 1 unspecified atom stereocenters. The van der Waals surface area contributed by atoms with Crippen molar-refractivity contribution in [1.29, 1.82) is 0 Å². The van der Waals surface area contributed by atoms with E-state index in [1.165, 1.54) is 18.4 Å². The van der Waals surface area contributed by atoms with Gasteiger partial charge in [-0.1, -0.05) is 103 Å². The van der Waals surface area contributed by atoms with E-state index in [9.17, 15) is 24.0 Å². The molecule has 4 aliphatic heterocycles. The number of carbonyl (C=O) groups excluding carboxylic acids is 5. The Labute approximate surface area is 543 Å². The molecule has 6 heterocycles. The molecule has 1 saturated heterocycles. The number of amides is 5. The molecule has 16 heteroatoms. The van der Waals surface area contributed by atoms with Crippen LogP contribution >= 0.6 is 23.2 Å². The fraction of sp³-hybridized carbons (Fsp3) is 0.280. The van der Waals surface area contributed by atoms with Gasteiger partial charge in [0, 0.05) is 103 Å². The minimum absolute atomic E-state index is 0.00618. The Morgan fingerprint density at radius 3 is 1.85 bits per heavy atom. The first kappa shape index (κ1) is 63.3. The number of nitrogens with zero attached hydrogens (tertiary/aromatic N) is 7. The summed E-state index contributed by atoms with van der Waals surface area (Å²) in [6, 6.07) is 56.1. The van der Waals surface area contributed by atoms with Crippen molar-refractivity contribution in [2.75, 3.05) is 51.1 Å². The second-order valence-electron chi connectivity index (χ2n) is 24.3. The van der Waals surface area contributed by atoms with Gasteiger partial charge in [0.05, 0.1) is 39.1 Å². The van der Waals surface area contributed by atoms with Crippen LogP contribution in [0.2, 0.25) is 10.0 Å². The fourth-order valence-corrected chi connectivity index (χ4v) is 13.2. The van der Waals surface area contributed by atoms with Gasteiger partial charge in [-0.25, -0.2) is 4.68 Å². The number of hydrogen-bond donors (Lipinski definition) is 2. The van der Waals surface area contributed by atoms with E-state index < -0.39 is 0 Å². The number of nitrogens with one attached hydrogen (secondary N) is 2. The zero-order chi connectivity index (χ0) is 63.7. The fourth-order valence-electron chi connectivity index (χ4n) is 12.7. The maximum absolute atomic E-state index is 13.6. The van der Waals surface area contributed by atoms with Crippen molar-refractivity contribution in [3.63, 3.8) is 0 Å². The third kappa shape index (κ3) is 14.7. The van der Waals surface area contributed by atoms with Crippen molar-refractivity contribution in [1.82, 2.24) is 19.7 Å². The van der Waals surface area contributed by atoms with E-state index >= 15 is 0 Å². The number of benzene rings is 7. The Hall–Kier alpha value is -9.24. The molecule has 4 aliphatic rings. The highest BCUT2D eigenvalue weighted by atomic mass is 35.5. The number of halogens is 2. The van der Waals surface area contributed by atoms with Gasteiger partial charge in [0.1, 0.15) is 0 Å². The summed E-state index contributed by atoms with van der Waals surface area (Å²) in [5.41, 5.74) is 14.0. The summed E-state index contributed by atoms with van der Waals surface area (Å²) >= 11 is 13.2. The van der Waals surface area contributed by atoms with Crippen LogP contribution in [0.4, 0.5) is 28.4 Å². The van der Waals surface area contributed by atoms with Gasteiger partial charge in [-0.05, 0) is 203 Å². The number of hydrogen-bond acceptors (Lipinski definition) is 7. The van der Waals surface area contributed by atoms with Crippen LogP contribution in [0.25, 0.3) is 5.69 Å². The van der Waals surface area contributed by atoms with Gasteiger partial charge in [-0.15, -0.1) is 0 Å². The molecule has 2 atom stereocenters. The first-order chi connectivity index (χ1) is 44.1. The summed E-state index contributed by atoms with van der Waals surface area (Å²) in [5.74, 6) is 0.243. The highest BCUT2D eigenvalue weighted by molar-refractivity contribution is 6.35. The Morgan fingerprint density at radius 1 is 0.560 bits per heavy atom. The van der Waals surface area contributed by atoms with Crippen LogP contribution in [0.1, 0.15) is 153 Å². The van der Waals surface area contributed by atoms with Gasteiger partial charge in [-0.3, -0.25) is 24.0 Å². The van der Waals surface area contributed by atoms with Crippen LogP contribution in [-0.2, 0) is 17.9 Å². The smallest absolute Gasteiger partial charge is 0.260 e. The standard InChI is InChI=1S/C26H32ClN3O2.C26H26N2O2.C23H19ClN4O/c1-18(2)28-25(31)16-19-8-7-15-30(24-10-4-3-9-21(19)24)26(32)22-12-11-20(17-23(22)27)29-13-5-6-14-29;1-18-9-7-17-28(24-12-6-5-10-22(18)24)26(30)20-13-15-21(16-14-20)27-25(29)23-11-4-3-8-19(23)2;1-16-10-12-28(25-16)18-8-9-20(21(24)13-18)23(29)27-15-19-6-4-11-26(19)14-17-5-2-3-7-22(17)27/h3-4,9-12,17-19H,5-8,13-16H2,1-2H3,(H,28,31);3-6,8,10-16,18H,7,9,17H2,1-2H3,(H,27,29);2-13H,14-15H2,1H3/t19-;;/m1../s1. The number of para-hydroxylation sites is 3. The first-order valence-electron chi connectivity index (χ1n) is 31.6. The van der Waals surface area contributed by atoms with Crippen LogP contribution in [0, 0.1) is 13.8 Å². The molecule has 2 aromatic heterocycles. The molecule has 13 rings (SSSR count). The monoisotopic (exact) mass is 1250 g/mol. The lowest BCUT2D eigenvalue weighted by molar-refractivity contribution is -0.122. The minimum atomic E-state index is -0.150. The summed E-state index contributed by atoms with van der Waals surface area (Å²) in [6.45, 7) is 14.7.